The van der Waals surface area contributed by atoms with Gasteiger partial charge in [-0.1, -0.05) is 30.1 Å². The minimum absolute atomic E-state index is 0.0454. The first kappa shape index (κ1) is 17.9. The first-order valence-corrected chi connectivity index (χ1v) is 9.28. The number of amides is 1. The first-order chi connectivity index (χ1) is 10.5. The maximum absolute atomic E-state index is 12.3. The number of rotatable bonds is 6. The molecule has 6 heteroatoms. The van der Waals surface area contributed by atoms with E-state index in [1.807, 2.05) is 6.92 Å². The van der Waals surface area contributed by atoms with E-state index in [1.165, 1.54) is 18.2 Å². The minimum Gasteiger partial charge on any atom is -0.354 e. The van der Waals surface area contributed by atoms with Crippen LogP contribution in [0.5, 0.6) is 0 Å². The number of thioether (sulfide) groups is 1. The predicted octanol–water partition coefficient (Wildman–Crippen LogP) is 4.07. The smallest absolute Gasteiger partial charge is 0.233 e. The van der Waals surface area contributed by atoms with Crippen LogP contribution < -0.4 is 5.32 Å². The fourth-order valence-corrected chi connectivity index (χ4v) is 4.15. The lowest BCUT2D eigenvalue weighted by molar-refractivity contribution is -0.120. The van der Waals surface area contributed by atoms with Crippen molar-refractivity contribution in [2.45, 2.75) is 42.9 Å². The van der Waals surface area contributed by atoms with Crippen LogP contribution in [0.4, 0.5) is 0 Å². The Labute approximate surface area is 146 Å². The molecule has 1 amide bonds. The normalized spacial score (nSPS) is 20.1. The summed E-state index contributed by atoms with van der Waals surface area (Å²) in [6, 6.07) is 5.78. The molecular weight excluding hydrogens is 339 g/mol. The largest absolute Gasteiger partial charge is 0.354 e. The molecule has 1 aliphatic rings. The van der Waals surface area contributed by atoms with Crippen LogP contribution in [0.2, 0.25) is 10.0 Å². The number of hydrogen-bond acceptors (Lipinski definition) is 3. The van der Waals surface area contributed by atoms with E-state index >= 15 is 0 Å². The summed E-state index contributed by atoms with van der Waals surface area (Å²) < 4.78 is 0. The van der Waals surface area contributed by atoms with Gasteiger partial charge in [-0.05, 0) is 51.1 Å². The molecule has 1 aromatic rings. The summed E-state index contributed by atoms with van der Waals surface area (Å²) in [6.07, 6.45) is 2.38. The van der Waals surface area contributed by atoms with Crippen molar-refractivity contribution in [1.82, 2.24) is 10.2 Å². The number of halogens is 2. The molecule has 0 spiro atoms. The lowest BCUT2D eigenvalue weighted by atomic mass is 10.2. The van der Waals surface area contributed by atoms with E-state index in [0.29, 0.717) is 16.1 Å². The van der Waals surface area contributed by atoms with Crippen molar-refractivity contribution in [3.63, 3.8) is 0 Å². The Hall–Kier alpha value is -0.420. The number of benzene rings is 1. The summed E-state index contributed by atoms with van der Waals surface area (Å²) in [5.41, 5.74) is 0. The van der Waals surface area contributed by atoms with Crippen molar-refractivity contribution in [3.8, 4) is 0 Å². The Morgan fingerprint density at radius 1 is 1.50 bits per heavy atom. The van der Waals surface area contributed by atoms with Crippen molar-refractivity contribution in [2.24, 2.45) is 0 Å². The number of nitrogens with one attached hydrogen (secondary N) is 1. The zero-order valence-corrected chi connectivity index (χ0v) is 15.3. The van der Waals surface area contributed by atoms with E-state index in [0.717, 1.165) is 31.0 Å². The van der Waals surface area contributed by atoms with Gasteiger partial charge in [0.15, 0.2) is 0 Å². The van der Waals surface area contributed by atoms with Crippen molar-refractivity contribution >= 4 is 40.9 Å². The highest BCUT2D eigenvalue weighted by molar-refractivity contribution is 8.00. The molecule has 1 saturated heterocycles. The van der Waals surface area contributed by atoms with Crippen LogP contribution >= 0.6 is 35.0 Å². The van der Waals surface area contributed by atoms with E-state index in [4.69, 9.17) is 23.2 Å². The van der Waals surface area contributed by atoms with Gasteiger partial charge in [0.25, 0.3) is 0 Å². The molecule has 0 radical (unpaired) electrons. The molecule has 2 atom stereocenters. The van der Waals surface area contributed by atoms with Crippen molar-refractivity contribution in [3.05, 3.63) is 28.2 Å². The second-order valence-corrected chi connectivity index (χ2v) is 7.73. The van der Waals surface area contributed by atoms with Crippen LogP contribution in [0.25, 0.3) is 0 Å². The van der Waals surface area contributed by atoms with E-state index in [9.17, 15) is 4.79 Å². The van der Waals surface area contributed by atoms with Gasteiger partial charge in [0.2, 0.25) is 5.91 Å². The van der Waals surface area contributed by atoms with Crippen LogP contribution in [-0.4, -0.2) is 41.7 Å². The third-order valence-electron chi connectivity index (χ3n) is 3.98. The molecule has 1 N–H and O–H groups in total. The Morgan fingerprint density at radius 2 is 2.27 bits per heavy atom. The second-order valence-electron chi connectivity index (χ2n) is 5.50. The number of likely N-dealkylation sites (N-methyl/N-ethyl adjacent to an activating group) is 1. The molecule has 1 aromatic carbocycles. The lowest BCUT2D eigenvalue weighted by Gasteiger charge is -2.23. The quantitative estimate of drug-likeness (QED) is 0.775. The monoisotopic (exact) mass is 360 g/mol. The molecule has 2 rings (SSSR count). The molecule has 0 aliphatic carbocycles. The van der Waals surface area contributed by atoms with Crippen LogP contribution in [0, 0.1) is 0 Å². The lowest BCUT2D eigenvalue weighted by Crippen LogP contribution is -2.42. The van der Waals surface area contributed by atoms with Crippen LogP contribution in [-0.2, 0) is 4.79 Å². The number of carbonyl (C=O) groups is 1. The average molecular weight is 361 g/mol. The summed E-state index contributed by atoms with van der Waals surface area (Å²) in [7, 11) is 0. The Kier molecular flexibility index (Phi) is 6.87. The van der Waals surface area contributed by atoms with Crippen molar-refractivity contribution in [2.75, 3.05) is 19.6 Å². The van der Waals surface area contributed by atoms with Crippen LogP contribution in [0.3, 0.4) is 0 Å². The molecule has 122 valence electrons. The van der Waals surface area contributed by atoms with Crippen LogP contribution in [0.1, 0.15) is 26.7 Å². The molecule has 0 aromatic heterocycles. The van der Waals surface area contributed by atoms with Gasteiger partial charge in [-0.2, -0.15) is 0 Å². The van der Waals surface area contributed by atoms with Crippen LogP contribution in [0.15, 0.2) is 23.1 Å². The molecular formula is C16H22Cl2N2OS. The van der Waals surface area contributed by atoms with E-state index in [2.05, 4.69) is 17.1 Å². The molecule has 1 heterocycles. The van der Waals surface area contributed by atoms with E-state index in [-0.39, 0.29) is 11.2 Å². The fraction of sp³-hybridized carbons (Fsp3) is 0.562. The summed E-state index contributed by atoms with van der Waals surface area (Å²) >= 11 is 13.6. The maximum atomic E-state index is 12.3. The SMILES string of the molecule is CCN1CCC[C@@H]1CNC(=O)[C@@H](C)Sc1cc(Cl)ccc1Cl. The number of hydrogen-bond donors (Lipinski definition) is 1. The van der Waals surface area contributed by atoms with E-state index in [1.54, 1.807) is 18.2 Å². The summed E-state index contributed by atoms with van der Waals surface area (Å²) in [5, 5.41) is 4.12. The fourth-order valence-electron chi connectivity index (χ4n) is 2.72. The standard InChI is InChI=1S/C16H22Cl2N2OS/c1-3-20-8-4-5-13(20)10-19-16(21)11(2)22-15-9-12(17)6-7-14(15)18/h6-7,9,11,13H,3-5,8,10H2,1-2H3,(H,19,21)/t11-,13-/m1/s1. The molecule has 22 heavy (non-hydrogen) atoms. The molecule has 0 unspecified atom stereocenters. The third kappa shape index (κ3) is 4.79. The summed E-state index contributed by atoms with van der Waals surface area (Å²) in [4.78, 5) is 15.5. The van der Waals surface area contributed by atoms with Gasteiger partial charge >= 0.3 is 0 Å². The number of nitrogens with zero attached hydrogens (tertiary/aromatic N) is 1. The molecule has 1 aliphatic heterocycles. The zero-order chi connectivity index (χ0) is 16.1. The Bertz CT molecular complexity index is 527. The molecule has 3 nitrogen and oxygen atoms in total. The van der Waals surface area contributed by atoms with Gasteiger partial charge in [0, 0.05) is 22.5 Å². The second kappa shape index (κ2) is 8.44. The Morgan fingerprint density at radius 3 is 3.00 bits per heavy atom. The highest BCUT2D eigenvalue weighted by Gasteiger charge is 2.24. The zero-order valence-electron chi connectivity index (χ0n) is 12.9. The van der Waals surface area contributed by atoms with Gasteiger partial charge < -0.3 is 5.32 Å². The number of carbonyl (C=O) groups excluding carboxylic acids is 1. The van der Waals surface area contributed by atoms with Gasteiger partial charge in [0.1, 0.15) is 0 Å². The van der Waals surface area contributed by atoms with Gasteiger partial charge in [-0.3, -0.25) is 9.69 Å². The van der Waals surface area contributed by atoms with Gasteiger partial charge in [-0.25, -0.2) is 0 Å². The molecule has 1 fully saturated rings. The van der Waals surface area contributed by atoms with Gasteiger partial charge in [-0.15, -0.1) is 11.8 Å². The average Bonchev–Trinajstić information content (AvgIpc) is 2.95. The molecule has 0 bridgehead atoms. The Balaban J connectivity index is 1.85. The molecule has 0 saturated carbocycles. The first-order valence-electron chi connectivity index (χ1n) is 7.64. The highest BCUT2D eigenvalue weighted by atomic mass is 35.5. The number of likely N-dealkylation sites (tertiary alicyclic amines) is 1. The van der Waals surface area contributed by atoms with Crippen molar-refractivity contribution in [1.29, 1.82) is 0 Å². The topological polar surface area (TPSA) is 32.3 Å². The minimum atomic E-state index is -0.201. The van der Waals surface area contributed by atoms with Crippen molar-refractivity contribution < 1.29 is 4.79 Å². The summed E-state index contributed by atoms with van der Waals surface area (Å²) in [5.74, 6) is 0.0454. The summed E-state index contributed by atoms with van der Waals surface area (Å²) in [6.45, 7) is 6.96. The van der Waals surface area contributed by atoms with E-state index < -0.39 is 0 Å². The predicted molar refractivity (Wildman–Crippen MR) is 95.1 cm³/mol. The third-order valence-corrected chi connectivity index (χ3v) is 5.82. The van der Waals surface area contributed by atoms with Gasteiger partial charge in [0.05, 0.1) is 10.3 Å². The highest BCUT2D eigenvalue weighted by Crippen LogP contribution is 2.32. The maximum Gasteiger partial charge on any atom is 0.233 e.